The van der Waals surface area contributed by atoms with Gasteiger partial charge in [0.2, 0.25) is 0 Å². The van der Waals surface area contributed by atoms with Crippen molar-refractivity contribution in [3.05, 3.63) is 29.8 Å². The predicted octanol–water partition coefficient (Wildman–Crippen LogP) is 4.45. The molecule has 1 aliphatic rings. The van der Waals surface area contributed by atoms with Crippen molar-refractivity contribution in [3.8, 4) is 0 Å². The van der Waals surface area contributed by atoms with Crippen LogP contribution in [0.5, 0.6) is 0 Å². The van der Waals surface area contributed by atoms with Crippen molar-refractivity contribution in [3.63, 3.8) is 0 Å². The number of nitrogens with zero attached hydrogens (tertiary/aromatic N) is 1. The maximum Gasteiger partial charge on any atom is 0.0412 e. The van der Waals surface area contributed by atoms with Crippen LogP contribution in [0.15, 0.2) is 24.3 Å². The number of benzene rings is 1. The third kappa shape index (κ3) is 4.47. The van der Waals surface area contributed by atoms with E-state index in [0.717, 1.165) is 19.6 Å². The molecule has 2 rings (SSSR count). The van der Waals surface area contributed by atoms with Crippen LogP contribution in [0.4, 0.5) is 5.69 Å². The van der Waals surface area contributed by atoms with E-state index in [9.17, 15) is 0 Å². The fourth-order valence-corrected chi connectivity index (χ4v) is 2.85. The Bertz CT molecular complexity index is 465. The molecular formula is C19H32N2. The molecule has 2 nitrogen and oxygen atoms in total. The molecule has 1 atom stereocenters. The lowest BCUT2D eigenvalue weighted by molar-refractivity contribution is 0.269. The van der Waals surface area contributed by atoms with Gasteiger partial charge in [-0.2, -0.15) is 0 Å². The quantitative estimate of drug-likeness (QED) is 0.865. The van der Waals surface area contributed by atoms with E-state index >= 15 is 0 Å². The molecule has 0 aliphatic carbocycles. The summed E-state index contributed by atoms with van der Waals surface area (Å²) in [5.74, 6) is 0. The number of nitrogens with one attached hydrogen (secondary N) is 1. The summed E-state index contributed by atoms with van der Waals surface area (Å²) in [6.07, 6.45) is 1.22. The highest BCUT2D eigenvalue weighted by Gasteiger charge is 2.30. The van der Waals surface area contributed by atoms with Gasteiger partial charge in [-0.1, -0.05) is 59.7 Å². The van der Waals surface area contributed by atoms with E-state index in [1.165, 1.54) is 17.7 Å². The fourth-order valence-electron chi connectivity index (χ4n) is 2.85. The minimum absolute atomic E-state index is 0.280. The third-order valence-electron chi connectivity index (χ3n) is 4.45. The zero-order valence-electron chi connectivity index (χ0n) is 14.7. The molecule has 0 radical (unpaired) electrons. The largest absolute Gasteiger partial charge is 0.370 e. The Labute approximate surface area is 130 Å². The van der Waals surface area contributed by atoms with Crippen LogP contribution in [0.2, 0.25) is 0 Å². The second-order valence-electron chi connectivity index (χ2n) is 8.68. The lowest BCUT2D eigenvalue weighted by Gasteiger charge is -2.36. The number of rotatable bonds is 2. The molecule has 1 aliphatic heterocycles. The summed E-state index contributed by atoms with van der Waals surface area (Å²) in [7, 11) is 0. The average molecular weight is 288 g/mol. The van der Waals surface area contributed by atoms with Crippen LogP contribution in [-0.4, -0.2) is 19.1 Å². The van der Waals surface area contributed by atoms with Crippen molar-refractivity contribution in [2.75, 3.05) is 18.0 Å². The van der Waals surface area contributed by atoms with Gasteiger partial charge in [0, 0.05) is 31.4 Å². The van der Waals surface area contributed by atoms with E-state index in [-0.39, 0.29) is 5.41 Å². The molecule has 0 bridgehead atoms. The van der Waals surface area contributed by atoms with Crippen molar-refractivity contribution in [1.29, 1.82) is 0 Å². The van der Waals surface area contributed by atoms with Gasteiger partial charge in [0.25, 0.3) is 0 Å². The molecule has 0 saturated heterocycles. The summed E-state index contributed by atoms with van der Waals surface area (Å²) in [5, 5.41) is 3.76. The van der Waals surface area contributed by atoms with Crippen molar-refractivity contribution < 1.29 is 0 Å². The molecule has 0 fully saturated rings. The predicted molar refractivity (Wildman–Crippen MR) is 92.8 cm³/mol. The van der Waals surface area contributed by atoms with Crippen LogP contribution in [-0.2, 0) is 6.54 Å². The molecular weight excluding hydrogens is 256 g/mol. The summed E-state index contributed by atoms with van der Waals surface area (Å²) in [5.41, 5.74) is 3.51. The molecule has 0 spiro atoms. The first kappa shape index (κ1) is 16.4. The van der Waals surface area contributed by atoms with E-state index < -0.39 is 0 Å². The van der Waals surface area contributed by atoms with Gasteiger partial charge in [0.05, 0.1) is 0 Å². The first-order chi connectivity index (χ1) is 9.67. The van der Waals surface area contributed by atoms with Crippen molar-refractivity contribution in [1.82, 2.24) is 5.32 Å². The lowest BCUT2D eigenvalue weighted by atomic mass is 9.86. The van der Waals surface area contributed by atoms with Crippen molar-refractivity contribution in [2.24, 2.45) is 10.8 Å². The Balaban J connectivity index is 2.23. The van der Waals surface area contributed by atoms with Gasteiger partial charge in [-0.05, 0) is 28.9 Å². The molecule has 1 heterocycles. The van der Waals surface area contributed by atoms with E-state index in [2.05, 4.69) is 76.0 Å². The summed E-state index contributed by atoms with van der Waals surface area (Å²) in [6.45, 7) is 17.2. The number of hydrogen-bond acceptors (Lipinski definition) is 2. The summed E-state index contributed by atoms with van der Waals surface area (Å²) in [6, 6.07) is 9.38. The van der Waals surface area contributed by atoms with Crippen LogP contribution >= 0.6 is 0 Å². The Morgan fingerprint density at radius 3 is 2.38 bits per heavy atom. The van der Waals surface area contributed by atoms with Crippen molar-refractivity contribution >= 4 is 5.69 Å². The van der Waals surface area contributed by atoms with Gasteiger partial charge < -0.3 is 10.2 Å². The Morgan fingerprint density at radius 2 is 1.76 bits per heavy atom. The molecule has 21 heavy (non-hydrogen) atoms. The van der Waals surface area contributed by atoms with Crippen LogP contribution in [0.25, 0.3) is 0 Å². The monoisotopic (exact) mass is 288 g/mol. The molecule has 1 aromatic carbocycles. The van der Waals surface area contributed by atoms with Gasteiger partial charge in [-0.25, -0.2) is 0 Å². The number of anilines is 1. The van der Waals surface area contributed by atoms with Gasteiger partial charge in [0.15, 0.2) is 0 Å². The minimum Gasteiger partial charge on any atom is -0.370 e. The van der Waals surface area contributed by atoms with E-state index in [0.29, 0.717) is 11.5 Å². The number of para-hydroxylation sites is 1. The molecule has 0 amide bonds. The Kier molecular flexibility index (Phi) is 4.67. The van der Waals surface area contributed by atoms with Crippen LogP contribution < -0.4 is 10.2 Å². The zero-order valence-corrected chi connectivity index (χ0v) is 14.7. The molecule has 1 N–H and O–H groups in total. The normalized spacial score (nSPS) is 20.1. The van der Waals surface area contributed by atoms with Gasteiger partial charge in [-0.3, -0.25) is 0 Å². The van der Waals surface area contributed by atoms with Crippen molar-refractivity contribution in [2.45, 2.75) is 60.5 Å². The smallest absolute Gasteiger partial charge is 0.0412 e. The molecule has 0 aromatic heterocycles. The number of hydrogen-bond donors (Lipinski definition) is 1. The second-order valence-corrected chi connectivity index (χ2v) is 8.68. The Hall–Kier alpha value is -1.02. The molecule has 2 heteroatoms. The average Bonchev–Trinajstić information content (AvgIpc) is 2.54. The highest BCUT2D eigenvalue weighted by Crippen LogP contribution is 2.30. The zero-order chi connectivity index (χ0) is 15.7. The highest BCUT2D eigenvalue weighted by molar-refractivity contribution is 5.54. The summed E-state index contributed by atoms with van der Waals surface area (Å²) >= 11 is 0. The second kappa shape index (κ2) is 6.00. The number of fused-ring (bicyclic) bond motifs is 1. The summed E-state index contributed by atoms with van der Waals surface area (Å²) in [4.78, 5) is 2.59. The van der Waals surface area contributed by atoms with Gasteiger partial charge in [0.1, 0.15) is 0 Å². The first-order valence-electron chi connectivity index (χ1n) is 8.23. The van der Waals surface area contributed by atoms with Gasteiger partial charge in [-0.15, -0.1) is 0 Å². The molecule has 1 aromatic rings. The maximum absolute atomic E-state index is 3.76. The standard InChI is InChI=1S/C19H32N2/c1-18(2,3)11-12-21-14-17(19(4,5)6)20-13-15-9-7-8-10-16(15)21/h7-10,17,20H,11-14H2,1-6H3. The topological polar surface area (TPSA) is 15.3 Å². The molecule has 0 saturated carbocycles. The molecule has 1 unspecified atom stereocenters. The maximum atomic E-state index is 3.76. The lowest BCUT2D eigenvalue weighted by Crippen LogP contribution is -2.47. The van der Waals surface area contributed by atoms with Gasteiger partial charge >= 0.3 is 0 Å². The van der Waals surface area contributed by atoms with Crippen LogP contribution in [0.1, 0.15) is 53.5 Å². The van der Waals surface area contributed by atoms with E-state index in [1.54, 1.807) is 0 Å². The molecule has 118 valence electrons. The van der Waals surface area contributed by atoms with Crippen LogP contribution in [0.3, 0.4) is 0 Å². The summed E-state index contributed by atoms with van der Waals surface area (Å²) < 4.78 is 0. The highest BCUT2D eigenvalue weighted by atomic mass is 15.2. The van der Waals surface area contributed by atoms with E-state index in [4.69, 9.17) is 0 Å². The Morgan fingerprint density at radius 1 is 1.10 bits per heavy atom. The minimum atomic E-state index is 0.280. The fraction of sp³-hybridized carbons (Fsp3) is 0.684. The third-order valence-corrected chi connectivity index (χ3v) is 4.45. The van der Waals surface area contributed by atoms with E-state index in [1.807, 2.05) is 0 Å². The SMILES string of the molecule is CC(C)(C)CCN1CC(C(C)(C)C)NCc2ccccc21. The first-order valence-corrected chi connectivity index (χ1v) is 8.23. The van der Waals surface area contributed by atoms with Crippen LogP contribution in [0, 0.1) is 10.8 Å².